The van der Waals surface area contributed by atoms with Crippen LogP contribution in [0, 0.1) is 0 Å². The Hall–Kier alpha value is -1.83. The topological polar surface area (TPSA) is 108 Å². The van der Waals surface area contributed by atoms with E-state index in [4.69, 9.17) is 9.84 Å². The predicted molar refractivity (Wildman–Crippen MR) is 61.1 cm³/mol. The van der Waals surface area contributed by atoms with Crippen LogP contribution in [0.15, 0.2) is 0 Å². The number of carboxylic acids is 1. The number of carbonyl (C=O) groups is 3. The average Bonchev–Trinajstić information content (AvgIpc) is 2.62. The largest absolute Gasteiger partial charge is 0.480 e. The summed E-state index contributed by atoms with van der Waals surface area (Å²) in [6.07, 6.45) is 0.763. The van der Waals surface area contributed by atoms with Crippen LogP contribution in [0.1, 0.15) is 6.42 Å². The molecule has 1 fully saturated rings. The van der Waals surface area contributed by atoms with Crippen LogP contribution in [0.4, 0.5) is 4.79 Å². The normalized spacial score (nSPS) is 15.7. The lowest BCUT2D eigenvalue weighted by Crippen LogP contribution is -2.45. The molecule has 1 heterocycles. The van der Waals surface area contributed by atoms with Crippen LogP contribution in [-0.4, -0.2) is 67.3 Å². The van der Waals surface area contributed by atoms with Crippen molar-refractivity contribution < 1.29 is 24.2 Å². The van der Waals surface area contributed by atoms with Gasteiger partial charge in [0.15, 0.2) is 0 Å². The maximum Gasteiger partial charge on any atom is 0.322 e. The van der Waals surface area contributed by atoms with E-state index in [9.17, 15) is 14.4 Å². The van der Waals surface area contributed by atoms with Crippen molar-refractivity contribution in [3.05, 3.63) is 0 Å². The average molecular weight is 259 g/mol. The Morgan fingerprint density at radius 2 is 1.89 bits per heavy atom. The highest BCUT2D eigenvalue weighted by atomic mass is 16.5. The minimum absolute atomic E-state index is 0.233. The lowest BCUT2D eigenvalue weighted by Gasteiger charge is -2.19. The van der Waals surface area contributed by atoms with Crippen molar-refractivity contribution in [1.82, 2.24) is 15.5 Å². The van der Waals surface area contributed by atoms with E-state index < -0.39 is 18.4 Å². The highest BCUT2D eigenvalue weighted by molar-refractivity contribution is 5.86. The van der Waals surface area contributed by atoms with Crippen molar-refractivity contribution in [2.75, 3.05) is 39.4 Å². The second-order valence-electron chi connectivity index (χ2n) is 3.78. The zero-order valence-corrected chi connectivity index (χ0v) is 9.98. The van der Waals surface area contributed by atoms with E-state index in [1.165, 1.54) is 0 Å². The molecule has 0 atom stereocenters. The SMILES string of the molecule is O=C(O)CNC(=O)CNC(=O)N1CCCOCC1. The number of nitrogens with one attached hydrogen (secondary N) is 2. The molecule has 8 heteroatoms. The van der Waals surface area contributed by atoms with E-state index in [-0.39, 0.29) is 12.6 Å². The summed E-state index contributed by atoms with van der Waals surface area (Å²) in [5.41, 5.74) is 0. The minimum Gasteiger partial charge on any atom is -0.480 e. The van der Waals surface area contributed by atoms with Crippen molar-refractivity contribution in [3.63, 3.8) is 0 Å². The van der Waals surface area contributed by atoms with Gasteiger partial charge < -0.3 is 25.4 Å². The summed E-state index contributed by atoms with van der Waals surface area (Å²) < 4.78 is 5.20. The number of hydrogen-bond acceptors (Lipinski definition) is 4. The molecule has 102 valence electrons. The fraction of sp³-hybridized carbons (Fsp3) is 0.700. The van der Waals surface area contributed by atoms with E-state index in [1.54, 1.807) is 4.90 Å². The van der Waals surface area contributed by atoms with Gasteiger partial charge in [-0.15, -0.1) is 0 Å². The zero-order valence-electron chi connectivity index (χ0n) is 9.98. The monoisotopic (exact) mass is 259 g/mol. The zero-order chi connectivity index (χ0) is 13.4. The molecule has 1 aliphatic heterocycles. The number of aliphatic carboxylic acids is 1. The van der Waals surface area contributed by atoms with Crippen molar-refractivity contribution >= 4 is 17.9 Å². The van der Waals surface area contributed by atoms with E-state index in [0.29, 0.717) is 26.3 Å². The highest BCUT2D eigenvalue weighted by Gasteiger charge is 2.16. The standard InChI is InChI=1S/C10H17N3O5/c14-8(11-7-9(15)16)6-12-10(17)13-2-1-4-18-5-3-13/h1-7H2,(H,11,14)(H,12,17)(H,15,16). The maximum atomic E-state index is 11.7. The quantitative estimate of drug-likeness (QED) is 0.576. The number of rotatable bonds is 4. The molecule has 0 aromatic carbocycles. The summed E-state index contributed by atoms with van der Waals surface area (Å²) in [6, 6.07) is -0.342. The Kier molecular flexibility index (Phi) is 5.92. The number of ether oxygens (including phenoxy) is 1. The fourth-order valence-corrected chi connectivity index (χ4v) is 1.45. The van der Waals surface area contributed by atoms with Crippen LogP contribution in [0.3, 0.4) is 0 Å². The van der Waals surface area contributed by atoms with Crippen molar-refractivity contribution in [2.45, 2.75) is 6.42 Å². The first-order valence-corrected chi connectivity index (χ1v) is 5.68. The Morgan fingerprint density at radius 3 is 2.61 bits per heavy atom. The molecule has 1 aliphatic rings. The number of nitrogens with zero attached hydrogens (tertiary/aromatic N) is 1. The Bertz CT molecular complexity index is 313. The van der Waals surface area contributed by atoms with E-state index >= 15 is 0 Å². The smallest absolute Gasteiger partial charge is 0.322 e. The fourth-order valence-electron chi connectivity index (χ4n) is 1.45. The molecular weight excluding hydrogens is 242 g/mol. The molecule has 8 nitrogen and oxygen atoms in total. The molecule has 3 amide bonds. The molecule has 0 saturated carbocycles. The molecule has 3 N–H and O–H groups in total. The number of hydrogen-bond donors (Lipinski definition) is 3. The second kappa shape index (κ2) is 7.49. The Labute approximate surface area is 104 Å². The van der Waals surface area contributed by atoms with E-state index in [0.717, 1.165) is 6.42 Å². The molecule has 0 unspecified atom stereocenters. The van der Waals surface area contributed by atoms with Gasteiger partial charge in [0.2, 0.25) is 5.91 Å². The molecule has 0 aliphatic carbocycles. The molecule has 18 heavy (non-hydrogen) atoms. The molecule has 0 bridgehead atoms. The Balaban J connectivity index is 2.22. The lowest BCUT2D eigenvalue weighted by atomic mass is 10.4. The summed E-state index contributed by atoms with van der Waals surface area (Å²) in [4.78, 5) is 34.6. The first kappa shape index (κ1) is 14.2. The third kappa shape index (κ3) is 5.48. The van der Waals surface area contributed by atoms with Gasteiger partial charge in [-0.25, -0.2) is 4.79 Å². The minimum atomic E-state index is -1.13. The highest BCUT2D eigenvalue weighted by Crippen LogP contribution is 1.98. The summed E-state index contributed by atoms with van der Waals surface area (Å²) in [5.74, 6) is -1.66. The van der Waals surface area contributed by atoms with Gasteiger partial charge in [0.1, 0.15) is 6.54 Å². The molecule has 1 saturated heterocycles. The van der Waals surface area contributed by atoms with E-state index in [2.05, 4.69) is 10.6 Å². The van der Waals surface area contributed by atoms with Crippen molar-refractivity contribution in [1.29, 1.82) is 0 Å². The number of carboxylic acid groups (broad SMARTS) is 1. The second-order valence-corrected chi connectivity index (χ2v) is 3.78. The van der Waals surface area contributed by atoms with Crippen LogP contribution < -0.4 is 10.6 Å². The number of urea groups is 1. The predicted octanol–water partition coefficient (Wildman–Crippen LogP) is -1.38. The molecule has 0 spiro atoms. The van der Waals surface area contributed by atoms with Gasteiger partial charge in [-0.2, -0.15) is 0 Å². The molecule has 0 aromatic rings. The summed E-state index contributed by atoms with van der Waals surface area (Å²) in [5, 5.41) is 12.9. The van der Waals surface area contributed by atoms with Crippen LogP contribution in [0.25, 0.3) is 0 Å². The number of amides is 3. The Morgan fingerprint density at radius 1 is 1.11 bits per heavy atom. The third-order valence-corrected chi connectivity index (χ3v) is 2.35. The molecular formula is C10H17N3O5. The third-order valence-electron chi connectivity index (χ3n) is 2.35. The van der Waals surface area contributed by atoms with Crippen LogP contribution in [0.2, 0.25) is 0 Å². The van der Waals surface area contributed by atoms with Gasteiger partial charge in [0, 0.05) is 19.7 Å². The first-order valence-electron chi connectivity index (χ1n) is 5.68. The van der Waals surface area contributed by atoms with Gasteiger partial charge in [0.05, 0.1) is 13.2 Å². The van der Waals surface area contributed by atoms with Crippen molar-refractivity contribution in [2.24, 2.45) is 0 Å². The van der Waals surface area contributed by atoms with Gasteiger partial charge in [-0.05, 0) is 6.42 Å². The van der Waals surface area contributed by atoms with Crippen LogP contribution in [0.5, 0.6) is 0 Å². The lowest BCUT2D eigenvalue weighted by molar-refractivity contribution is -0.137. The van der Waals surface area contributed by atoms with Gasteiger partial charge in [0.25, 0.3) is 0 Å². The molecule has 0 aromatic heterocycles. The van der Waals surface area contributed by atoms with Crippen LogP contribution in [-0.2, 0) is 14.3 Å². The summed E-state index contributed by atoms with van der Waals surface area (Å²) >= 11 is 0. The van der Waals surface area contributed by atoms with Gasteiger partial charge >= 0.3 is 12.0 Å². The van der Waals surface area contributed by atoms with E-state index in [1.807, 2.05) is 0 Å². The van der Waals surface area contributed by atoms with Gasteiger partial charge in [-0.3, -0.25) is 9.59 Å². The van der Waals surface area contributed by atoms with Crippen LogP contribution >= 0.6 is 0 Å². The maximum absolute atomic E-state index is 11.7. The summed E-state index contributed by atoms with van der Waals surface area (Å²) in [7, 11) is 0. The molecule has 1 rings (SSSR count). The van der Waals surface area contributed by atoms with Gasteiger partial charge in [-0.1, -0.05) is 0 Å². The summed E-state index contributed by atoms with van der Waals surface area (Å²) in [6.45, 7) is 1.50. The number of carbonyl (C=O) groups excluding carboxylic acids is 2. The first-order chi connectivity index (χ1) is 8.59. The van der Waals surface area contributed by atoms with Crippen molar-refractivity contribution in [3.8, 4) is 0 Å². The molecule has 0 radical (unpaired) electrons.